The van der Waals surface area contributed by atoms with Gasteiger partial charge < -0.3 is 25.1 Å². The maximum Gasteiger partial charge on any atom is 0.329 e. The number of para-hydroxylation sites is 1. The second kappa shape index (κ2) is 12.8. The maximum absolute atomic E-state index is 10.5. The van der Waals surface area contributed by atoms with E-state index in [2.05, 4.69) is 46.5 Å². The third-order valence-corrected chi connectivity index (χ3v) is 6.07. The van der Waals surface area contributed by atoms with Crippen molar-refractivity contribution in [2.45, 2.75) is 25.8 Å². The summed E-state index contributed by atoms with van der Waals surface area (Å²) >= 11 is 0. The smallest absolute Gasteiger partial charge is 0.329 e. The van der Waals surface area contributed by atoms with Crippen LogP contribution in [0, 0.1) is 0 Å². The Morgan fingerprint density at radius 3 is 2.66 bits per heavy atom. The number of nitrogens with zero attached hydrogens (tertiary/aromatic N) is 4. The summed E-state index contributed by atoms with van der Waals surface area (Å²) in [7, 11) is 1.57. The molecule has 0 saturated carbocycles. The Morgan fingerprint density at radius 1 is 1.11 bits per heavy atom. The van der Waals surface area contributed by atoms with Crippen molar-refractivity contribution >= 4 is 11.8 Å². The van der Waals surface area contributed by atoms with Gasteiger partial charge in [-0.05, 0) is 49.1 Å². The highest BCUT2D eigenvalue weighted by Crippen LogP contribution is 2.33. The molecule has 3 N–H and O–H groups in total. The van der Waals surface area contributed by atoms with E-state index in [1.54, 1.807) is 13.3 Å². The molecule has 0 radical (unpaired) electrons. The number of hydrogen-bond acceptors (Lipinski definition) is 8. The molecule has 1 atom stereocenters. The molecule has 2 heterocycles. The first-order chi connectivity index (χ1) is 18.5. The monoisotopic (exact) mass is 517 g/mol. The summed E-state index contributed by atoms with van der Waals surface area (Å²) < 4.78 is 17.7. The molecule has 4 aromatic rings. The molecule has 2 aromatic carbocycles. The summed E-state index contributed by atoms with van der Waals surface area (Å²) in [5, 5.41) is 21.7. The highest BCUT2D eigenvalue weighted by molar-refractivity contribution is 5.78. The van der Waals surface area contributed by atoms with Gasteiger partial charge >= 0.3 is 5.97 Å². The third kappa shape index (κ3) is 6.72. The van der Waals surface area contributed by atoms with Gasteiger partial charge in [0.15, 0.2) is 12.6 Å². The van der Waals surface area contributed by atoms with Gasteiger partial charge in [-0.1, -0.05) is 36.4 Å². The Labute approximate surface area is 221 Å². The van der Waals surface area contributed by atoms with Crippen LogP contribution in [-0.4, -0.2) is 58.2 Å². The molecule has 0 aliphatic rings. The number of ether oxygens (including phenoxy) is 3. The van der Waals surface area contributed by atoms with Gasteiger partial charge in [0.2, 0.25) is 0 Å². The highest BCUT2D eigenvalue weighted by Gasteiger charge is 2.16. The Bertz CT molecular complexity index is 1360. The molecule has 2 aromatic heterocycles. The molecule has 0 spiro atoms. The van der Waals surface area contributed by atoms with E-state index in [0.717, 1.165) is 35.1 Å². The molecule has 38 heavy (non-hydrogen) atoms. The average molecular weight is 518 g/mol. The quantitative estimate of drug-likeness (QED) is 0.197. The fraction of sp³-hybridized carbons (Fsp3) is 0.286. The van der Waals surface area contributed by atoms with Crippen molar-refractivity contribution in [1.82, 2.24) is 20.0 Å². The number of aromatic nitrogens is 4. The fourth-order valence-corrected chi connectivity index (χ4v) is 4.03. The number of carbonyl (C=O) groups is 1. The van der Waals surface area contributed by atoms with Crippen LogP contribution in [-0.2, 0) is 20.7 Å². The summed E-state index contributed by atoms with van der Waals surface area (Å²) in [4.78, 5) is 10.5. The summed E-state index contributed by atoms with van der Waals surface area (Å²) in [5.74, 6) is -0.000766. The molecule has 0 bridgehead atoms. The number of aryl methyl sites for hydroxylation is 1. The van der Waals surface area contributed by atoms with E-state index in [4.69, 9.17) is 25.1 Å². The van der Waals surface area contributed by atoms with E-state index in [1.165, 1.54) is 5.56 Å². The average Bonchev–Trinajstić information content (AvgIpc) is 3.42. The van der Waals surface area contributed by atoms with Gasteiger partial charge in [0.1, 0.15) is 12.4 Å². The van der Waals surface area contributed by atoms with Gasteiger partial charge in [-0.25, -0.2) is 4.79 Å². The predicted octanol–water partition coefficient (Wildman–Crippen LogP) is 4.22. The van der Waals surface area contributed by atoms with Crippen LogP contribution >= 0.6 is 0 Å². The van der Waals surface area contributed by atoms with Crippen molar-refractivity contribution in [2.24, 2.45) is 0 Å². The van der Waals surface area contributed by atoms with Gasteiger partial charge in [-0.15, -0.1) is 10.2 Å². The van der Waals surface area contributed by atoms with E-state index >= 15 is 0 Å². The van der Waals surface area contributed by atoms with Crippen LogP contribution in [0.5, 0.6) is 5.75 Å². The van der Waals surface area contributed by atoms with Crippen LogP contribution in [0.2, 0.25) is 0 Å². The zero-order valence-corrected chi connectivity index (χ0v) is 21.4. The summed E-state index contributed by atoms with van der Waals surface area (Å²) in [6.45, 7) is 2.36. The Morgan fingerprint density at radius 2 is 1.89 bits per heavy atom. The number of carboxylic acid groups (broad SMARTS) is 1. The largest absolute Gasteiger partial charge is 0.480 e. The number of carboxylic acids is 1. The molecular formula is C28H31N5O5. The Hall–Kier alpha value is -4.28. The molecular weight excluding hydrogens is 486 g/mol. The van der Waals surface area contributed by atoms with E-state index in [0.29, 0.717) is 23.9 Å². The lowest BCUT2D eigenvalue weighted by Crippen LogP contribution is -2.08. The minimum atomic E-state index is -0.952. The van der Waals surface area contributed by atoms with Gasteiger partial charge in [-0.3, -0.25) is 4.68 Å². The number of anilines is 1. The summed E-state index contributed by atoms with van der Waals surface area (Å²) in [6.07, 6.45) is 5.29. The van der Waals surface area contributed by atoms with Crippen molar-refractivity contribution in [3.63, 3.8) is 0 Å². The van der Waals surface area contributed by atoms with Gasteiger partial charge in [0, 0.05) is 36.6 Å². The normalized spacial score (nSPS) is 11.8. The van der Waals surface area contributed by atoms with Crippen LogP contribution in [0.1, 0.15) is 30.5 Å². The van der Waals surface area contributed by atoms with Gasteiger partial charge in [0.05, 0.1) is 17.9 Å². The van der Waals surface area contributed by atoms with Crippen LogP contribution in [0.25, 0.3) is 22.4 Å². The third-order valence-electron chi connectivity index (χ3n) is 6.07. The first-order valence-corrected chi connectivity index (χ1v) is 12.2. The van der Waals surface area contributed by atoms with Gasteiger partial charge in [-0.2, -0.15) is 5.10 Å². The van der Waals surface area contributed by atoms with Crippen LogP contribution in [0.3, 0.4) is 0 Å². The lowest BCUT2D eigenvalue weighted by molar-refractivity contribution is -0.142. The standard InChI is InChI=1S/C28H31N5O5/c1-19(21-11-9-20(10-12-21)6-5-13-37-17-27(34)35)33-16-22(15-30-33)24-14-25(31-32-28(24)29)23-7-3-4-8-26(23)38-18-36-2/h3-4,7-12,14-16,19H,5-6,13,17-18H2,1-2H3,(H2,29,32)(H,34,35). The molecule has 10 nitrogen and oxygen atoms in total. The number of rotatable bonds is 13. The molecule has 198 valence electrons. The molecule has 10 heteroatoms. The second-order valence-corrected chi connectivity index (χ2v) is 8.75. The van der Waals surface area contributed by atoms with Crippen molar-refractivity contribution in [3.8, 4) is 28.1 Å². The highest BCUT2D eigenvalue weighted by atomic mass is 16.7. The number of nitrogen functional groups attached to an aromatic ring is 1. The molecule has 0 fully saturated rings. The minimum absolute atomic E-state index is 0.00430. The molecule has 0 saturated heterocycles. The molecule has 0 aliphatic carbocycles. The molecule has 1 unspecified atom stereocenters. The van der Waals surface area contributed by atoms with E-state index < -0.39 is 5.97 Å². The second-order valence-electron chi connectivity index (χ2n) is 8.75. The van der Waals surface area contributed by atoms with Crippen molar-refractivity contribution < 1.29 is 24.1 Å². The number of hydrogen-bond donors (Lipinski definition) is 2. The van der Waals surface area contributed by atoms with E-state index in [-0.39, 0.29) is 19.4 Å². The maximum atomic E-state index is 10.5. The van der Waals surface area contributed by atoms with Crippen LogP contribution in [0.4, 0.5) is 5.82 Å². The van der Waals surface area contributed by atoms with Crippen LogP contribution < -0.4 is 10.5 Å². The summed E-state index contributed by atoms with van der Waals surface area (Å²) in [6, 6.07) is 17.8. The predicted molar refractivity (Wildman–Crippen MR) is 143 cm³/mol. The Balaban J connectivity index is 1.47. The Kier molecular flexibility index (Phi) is 9.02. The molecule has 4 rings (SSSR count). The topological polar surface area (TPSA) is 135 Å². The van der Waals surface area contributed by atoms with Gasteiger partial charge in [0.25, 0.3) is 0 Å². The minimum Gasteiger partial charge on any atom is -0.480 e. The van der Waals surface area contributed by atoms with Crippen molar-refractivity contribution in [3.05, 3.63) is 78.1 Å². The lowest BCUT2D eigenvalue weighted by atomic mass is 10.0. The van der Waals surface area contributed by atoms with E-state index in [9.17, 15) is 4.79 Å². The number of nitrogens with two attached hydrogens (primary N) is 1. The van der Waals surface area contributed by atoms with Crippen molar-refractivity contribution in [1.29, 1.82) is 0 Å². The molecule has 0 aliphatic heterocycles. The number of aliphatic carboxylic acids is 1. The van der Waals surface area contributed by atoms with Crippen molar-refractivity contribution in [2.75, 3.05) is 32.9 Å². The fourth-order valence-electron chi connectivity index (χ4n) is 4.03. The zero-order valence-electron chi connectivity index (χ0n) is 21.4. The lowest BCUT2D eigenvalue weighted by Gasteiger charge is -2.13. The number of methoxy groups -OCH3 is 1. The SMILES string of the molecule is COCOc1ccccc1-c1cc(-c2cnn(C(C)c3ccc(CCCOCC(=O)O)cc3)c2)c(N)nn1. The first kappa shape index (κ1) is 26.8. The first-order valence-electron chi connectivity index (χ1n) is 12.2. The molecule has 0 amide bonds. The zero-order chi connectivity index (χ0) is 26.9. The van der Waals surface area contributed by atoms with Crippen LogP contribution in [0.15, 0.2) is 67.0 Å². The summed E-state index contributed by atoms with van der Waals surface area (Å²) in [5.41, 5.74) is 11.5. The van der Waals surface area contributed by atoms with E-state index in [1.807, 2.05) is 41.2 Å². The number of benzene rings is 2.